The van der Waals surface area contributed by atoms with Crippen LogP contribution in [-0.2, 0) is 6.42 Å². The third kappa shape index (κ3) is 2.94. The Bertz CT molecular complexity index is 420. The Morgan fingerprint density at radius 3 is 2.50 bits per heavy atom. The van der Waals surface area contributed by atoms with E-state index in [0.717, 1.165) is 12.1 Å². The average molecular weight is 232 g/mol. The van der Waals surface area contributed by atoms with Crippen molar-refractivity contribution in [2.45, 2.75) is 18.6 Å². The summed E-state index contributed by atoms with van der Waals surface area (Å²) in [6.07, 6.45) is -4.97. The van der Waals surface area contributed by atoms with Crippen molar-refractivity contribution in [1.29, 1.82) is 5.26 Å². The molecule has 1 atom stereocenters. The number of hydrogen-bond donors (Lipinski definition) is 1. The highest BCUT2D eigenvalue weighted by Crippen LogP contribution is 2.22. The molecular weight excluding hydrogens is 224 g/mol. The van der Waals surface area contributed by atoms with Gasteiger partial charge in [-0.05, 0) is 24.1 Å². The normalized spacial score (nSPS) is 13.2. The second-order valence-electron chi connectivity index (χ2n) is 3.28. The Kier molecular flexibility index (Phi) is 3.50. The number of nitrogens with two attached hydrogens (primary N) is 1. The summed E-state index contributed by atoms with van der Waals surface area (Å²) < 4.78 is 49.3. The number of alkyl halides is 3. The summed E-state index contributed by atoms with van der Waals surface area (Å²) >= 11 is 0. The first-order valence-electron chi connectivity index (χ1n) is 4.35. The second-order valence-corrected chi connectivity index (χ2v) is 3.28. The standard InChI is InChI=1S/C10H8F4N2/c11-8-2-1-6(3-7(8)5-15)4-9(16)10(12,13)14/h1-3,9H,4,16H2. The monoisotopic (exact) mass is 232 g/mol. The predicted octanol–water partition coefficient (Wildman–Crippen LogP) is 2.13. The first-order chi connectivity index (χ1) is 7.34. The molecule has 0 aliphatic heterocycles. The van der Waals surface area contributed by atoms with Gasteiger partial charge >= 0.3 is 6.18 Å². The quantitative estimate of drug-likeness (QED) is 0.794. The van der Waals surface area contributed by atoms with Gasteiger partial charge in [0, 0.05) is 0 Å². The van der Waals surface area contributed by atoms with E-state index < -0.39 is 24.5 Å². The second kappa shape index (κ2) is 4.49. The van der Waals surface area contributed by atoms with Gasteiger partial charge in [-0.15, -0.1) is 0 Å². The van der Waals surface area contributed by atoms with E-state index in [4.69, 9.17) is 11.0 Å². The van der Waals surface area contributed by atoms with Crippen LogP contribution in [0.4, 0.5) is 17.6 Å². The van der Waals surface area contributed by atoms with E-state index in [2.05, 4.69) is 0 Å². The maximum atomic E-state index is 12.9. The molecule has 1 aromatic rings. The van der Waals surface area contributed by atoms with E-state index in [9.17, 15) is 17.6 Å². The van der Waals surface area contributed by atoms with Crippen molar-refractivity contribution in [2.24, 2.45) is 5.73 Å². The molecule has 0 radical (unpaired) electrons. The zero-order valence-corrected chi connectivity index (χ0v) is 8.05. The third-order valence-corrected chi connectivity index (χ3v) is 2.03. The van der Waals surface area contributed by atoms with E-state index in [-0.39, 0.29) is 11.1 Å². The Balaban J connectivity index is 2.88. The SMILES string of the molecule is N#Cc1cc(CC(N)C(F)(F)F)ccc1F. The highest BCUT2D eigenvalue weighted by Gasteiger charge is 2.36. The summed E-state index contributed by atoms with van der Waals surface area (Å²) in [5.41, 5.74) is 4.81. The molecule has 0 spiro atoms. The van der Waals surface area contributed by atoms with Crippen molar-refractivity contribution in [3.05, 3.63) is 35.1 Å². The van der Waals surface area contributed by atoms with Crippen LogP contribution < -0.4 is 5.73 Å². The lowest BCUT2D eigenvalue weighted by molar-refractivity contribution is -0.147. The van der Waals surface area contributed by atoms with Gasteiger partial charge in [0.2, 0.25) is 0 Å². The van der Waals surface area contributed by atoms with Crippen LogP contribution in [0.5, 0.6) is 0 Å². The summed E-state index contributed by atoms with van der Waals surface area (Å²) in [7, 11) is 0. The van der Waals surface area contributed by atoms with Crippen LogP contribution in [0.25, 0.3) is 0 Å². The smallest absolute Gasteiger partial charge is 0.320 e. The van der Waals surface area contributed by atoms with Crippen molar-refractivity contribution in [2.75, 3.05) is 0 Å². The van der Waals surface area contributed by atoms with Crippen molar-refractivity contribution in [1.82, 2.24) is 0 Å². The van der Waals surface area contributed by atoms with E-state index in [1.54, 1.807) is 6.07 Å². The van der Waals surface area contributed by atoms with Crippen molar-refractivity contribution < 1.29 is 17.6 Å². The van der Waals surface area contributed by atoms with Crippen molar-refractivity contribution in [3.63, 3.8) is 0 Å². The molecule has 0 aromatic heterocycles. The predicted molar refractivity (Wildman–Crippen MR) is 48.8 cm³/mol. The molecule has 6 heteroatoms. The van der Waals surface area contributed by atoms with Crippen molar-refractivity contribution in [3.8, 4) is 6.07 Å². The zero-order valence-electron chi connectivity index (χ0n) is 8.05. The van der Waals surface area contributed by atoms with Crippen LogP contribution in [0.3, 0.4) is 0 Å². The van der Waals surface area contributed by atoms with Gasteiger partial charge in [0.1, 0.15) is 17.9 Å². The minimum Gasteiger partial charge on any atom is -0.320 e. The van der Waals surface area contributed by atoms with Gasteiger partial charge in [-0.3, -0.25) is 0 Å². The van der Waals surface area contributed by atoms with Gasteiger partial charge in [0.15, 0.2) is 0 Å². The molecule has 0 aliphatic rings. The van der Waals surface area contributed by atoms with Crippen LogP contribution in [0.15, 0.2) is 18.2 Å². The van der Waals surface area contributed by atoms with Crippen LogP contribution in [0, 0.1) is 17.1 Å². The number of hydrogen-bond acceptors (Lipinski definition) is 2. The molecule has 0 heterocycles. The zero-order chi connectivity index (χ0) is 12.3. The van der Waals surface area contributed by atoms with Crippen LogP contribution in [0.1, 0.15) is 11.1 Å². The molecule has 0 bridgehead atoms. The van der Waals surface area contributed by atoms with Gasteiger partial charge in [0.05, 0.1) is 5.56 Å². The Morgan fingerprint density at radius 1 is 1.38 bits per heavy atom. The molecule has 2 nitrogen and oxygen atoms in total. The molecular formula is C10H8F4N2. The maximum Gasteiger partial charge on any atom is 0.403 e. The summed E-state index contributed by atoms with van der Waals surface area (Å²) in [5, 5.41) is 8.49. The van der Waals surface area contributed by atoms with Crippen LogP contribution in [0.2, 0.25) is 0 Å². The van der Waals surface area contributed by atoms with E-state index in [0.29, 0.717) is 0 Å². The summed E-state index contributed by atoms with van der Waals surface area (Å²) in [6.45, 7) is 0. The summed E-state index contributed by atoms with van der Waals surface area (Å²) in [5.74, 6) is -0.758. The molecule has 2 N–H and O–H groups in total. The fourth-order valence-electron chi connectivity index (χ4n) is 1.15. The average Bonchev–Trinajstić information content (AvgIpc) is 2.19. The molecule has 0 fully saturated rings. The molecule has 0 saturated carbocycles. The lowest BCUT2D eigenvalue weighted by Gasteiger charge is -2.15. The lowest BCUT2D eigenvalue weighted by Crippen LogP contribution is -2.39. The highest BCUT2D eigenvalue weighted by atomic mass is 19.4. The number of benzene rings is 1. The Labute approximate surface area is 89.3 Å². The van der Waals surface area contributed by atoms with E-state index in [1.807, 2.05) is 0 Å². The molecule has 1 unspecified atom stereocenters. The molecule has 1 rings (SSSR count). The maximum absolute atomic E-state index is 12.9. The number of nitriles is 1. The first kappa shape index (κ1) is 12.5. The van der Waals surface area contributed by atoms with Crippen molar-refractivity contribution >= 4 is 0 Å². The first-order valence-corrected chi connectivity index (χ1v) is 4.35. The molecule has 1 aromatic carbocycles. The van der Waals surface area contributed by atoms with Gasteiger partial charge in [-0.1, -0.05) is 6.07 Å². The van der Waals surface area contributed by atoms with Gasteiger partial charge < -0.3 is 5.73 Å². The lowest BCUT2D eigenvalue weighted by atomic mass is 10.0. The Morgan fingerprint density at radius 2 is 2.00 bits per heavy atom. The molecule has 0 aliphatic carbocycles. The minimum absolute atomic E-state index is 0.183. The van der Waals surface area contributed by atoms with Gasteiger partial charge in [-0.2, -0.15) is 18.4 Å². The third-order valence-electron chi connectivity index (χ3n) is 2.03. The fraction of sp³-hybridized carbons (Fsp3) is 0.300. The molecule has 0 saturated heterocycles. The fourth-order valence-corrected chi connectivity index (χ4v) is 1.15. The van der Waals surface area contributed by atoms with Crippen LogP contribution in [-0.4, -0.2) is 12.2 Å². The van der Waals surface area contributed by atoms with Gasteiger partial charge in [0.25, 0.3) is 0 Å². The molecule has 86 valence electrons. The number of rotatable bonds is 2. The Hall–Kier alpha value is -1.61. The number of nitrogens with zero attached hydrogens (tertiary/aromatic N) is 1. The molecule has 0 amide bonds. The van der Waals surface area contributed by atoms with E-state index in [1.165, 1.54) is 6.07 Å². The van der Waals surface area contributed by atoms with E-state index >= 15 is 0 Å². The highest BCUT2D eigenvalue weighted by molar-refractivity contribution is 5.34. The van der Waals surface area contributed by atoms with Gasteiger partial charge in [-0.25, -0.2) is 4.39 Å². The topological polar surface area (TPSA) is 49.8 Å². The summed E-state index contributed by atoms with van der Waals surface area (Å²) in [4.78, 5) is 0. The van der Waals surface area contributed by atoms with Crippen LogP contribution >= 0.6 is 0 Å². The summed E-state index contributed by atoms with van der Waals surface area (Å²) in [6, 6.07) is 2.75. The largest absolute Gasteiger partial charge is 0.403 e. The number of halogens is 4. The minimum atomic E-state index is -4.50. The molecule has 16 heavy (non-hydrogen) atoms.